The molecule has 1 unspecified atom stereocenters. The third-order valence-corrected chi connectivity index (χ3v) is 5.75. The number of likely N-dealkylation sites (tertiary alicyclic amines) is 1. The van der Waals surface area contributed by atoms with Crippen LogP contribution in [0.5, 0.6) is 5.75 Å². The van der Waals surface area contributed by atoms with Gasteiger partial charge in [-0.3, -0.25) is 4.79 Å². The molecular formula is C23H19N3O3S. The highest BCUT2D eigenvalue weighted by Gasteiger charge is 2.28. The summed E-state index contributed by atoms with van der Waals surface area (Å²) in [7, 11) is 0. The Kier molecular flexibility index (Phi) is 5.03. The third-order valence-electron chi connectivity index (χ3n) is 5.06. The van der Waals surface area contributed by atoms with E-state index in [2.05, 4.69) is 10.1 Å². The summed E-state index contributed by atoms with van der Waals surface area (Å²) < 4.78 is 11.5. The van der Waals surface area contributed by atoms with Gasteiger partial charge in [-0.25, -0.2) is 0 Å². The molecule has 1 aliphatic heterocycles. The number of benzene rings is 2. The molecule has 150 valence electrons. The van der Waals surface area contributed by atoms with Crippen molar-refractivity contribution < 1.29 is 14.1 Å². The average Bonchev–Trinajstić information content (AvgIpc) is 3.56. The SMILES string of the molecule is O=C(c1ccsc1)N1CCC(Oc2ccc(-c3noc(-c4ccccc4)n3)cc2)C1. The third kappa shape index (κ3) is 3.84. The number of hydrogen-bond donors (Lipinski definition) is 0. The summed E-state index contributed by atoms with van der Waals surface area (Å²) >= 11 is 1.53. The lowest BCUT2D eigenvalue weighted by molar-refractivity contribution is 0.0773. The molecule has 2 aromatic carbocycles. The van der Waals surface area contributed by atoms with Gasteiger partial charge in [-0.15, -0.1) is 0 Å². The maximum absolute atomic E-state index is 12.5. The first-order valence-corrected chi connectivity index (χ1v) is 10.7. The van der Waals surface area contributed by atoms with Crippen molar-refractivity contribution in [3.63, 3.8) is 0 Å². The second-order valence-corrected chi connectivity index (χ2v) is 7.89. The molecule has 1 amide bonds. The lowest BCUT2D eigenvalue weighted by atomic mass is 10.2. The van der Waals surface area contributed by atoms with Gasteiger partial charge in [0, 0.05) is 29.5 Å². The largest absolute Gasteiger partial charge is 0.489 e. The number of carbonyl (C=O) groups excluding carboxylic acids is 1. The zero-order valence-corrected chi connectivity index (χ0v) is 16.9. The highest BCUT2D eigenvalue weighted by molar-refractivity contribution is 7.08. The highest BCUT2D eigenvalue weighted by Crippen LogP contribution is 2.25. The van der Waals surface area contributed by atoms with E-state index in [1.165, 1.54) is 11.3 Å². The molecule has 3 heterocycles. The first-order chi connectivity index (χ1) is 14.8. The smallest absolute Gasteiger partial charge is 0.258 e. The molecule has 0 bridgehead atoms. The number of thiophene rings is 1. The van der Waals surface area contributed by atoms with Crippen LogP contribution in [0.3, 0.4) is 0 Å². The number of ether oxygens (including phenoxy) is 1. The quantitative estimate of drug-likeness (QED) is 0.468. The number of carbonyl (C=O) groups is 1. The molecule has 2 aromatic heterocycles. The molecule has 1 atom stereocenters. The van der Waals surface area contributed by atoms with Gasteiger partial charge in [-0.1, -0.05) is 23.4 Å². The Morgan fingerprint density at radius 1 is 1.07 bits per heavy atom. The van der Waals surface area contributed by atoms with Crippen LogP contribution in [-0.4, -0.2) is 40.1 Å². The number of aromatic nitrogens is 2. The van der Waals surface area contributed by atoms with Gasteiger partial charge in [0.25, 0.3) is 11.8 Å². The van der Waals surface area contributed by atoms with E-state index in [1.807, 2.05) is 76.3 Å². The molecule has 4 aromatic rings. The van der Waals surface area contributed by atoms with E-state index in [1.54, 1.807) is 0 Å². The Balaban J connectivity index is 1.22. The molecule has 1 aliphatic rings. The van der Waals surface area contributed by atoms with Crippen molar-refractivity contribution in [3.8, 4) is 28.6 Å². The standard InChI is InChI=1S/C23H19N3O3S/c27-23(18-11-13-30-15-18)26-12-10-20(14-26)28-19-8-6-16(7-9-19)21-24-22(29-25-21)17-4-2-1-3-5-17/h1-9,11,13,15,20H,10,12,14H2. The molecule has 0 spiro atoms. The van der Waals surface area contributed by atoms with Gasteiger partial charge in [0.2, 0.25) is 5.82 Å². The summed E-state index contributed by atoms with van der Waals surface area (Å²) in [5, 5.41) is 7.89. The van der Waals surface area contributed by atoms with E-state index in [0.717, 1.165) is 28.9 Å². The fourth-order valence-electron chi connectivity index (χ4n) is 3.49. The topological polar surface area (TPSA) is 68.5 Å². The van der Waals surface area contributed by atoms with Crippen molar-refractivity contribution in [3.05, 3.63) is 77.0 Å². The van der Waals surface area contributed by atoms with Crippen molar-refractivity contribution in [1.82, 2.24) is 15.0 Å². The van der Waals surface area contributed by atoms with E-state index in [9.17, 15) is 4.79 Å². The van der Waals surface area contributed by atoms with Crippen LogP contribution in [0.15, 0.2) is 75.9 Å². The van der Waals surface area contributed by atoms with Crippen LogP contribution < -0.4 is 4.74 Å². The molecule has 0 aliphatic carbocycles. The van der Waals surface area contributed by atoms with E-state index < -0.39 is 0 Å². The molecule has 0 radical (unpaired) electrons. The minimum Gasteiger partial charge on any atom is -0.489 e. The zero-order chi connectivity index (χ0) is 20.3. The second kappa shape index (κ2) is 8.12. The summed E-state index contributed by atoms with van der Waals surface area (Å²) in [5.41, 5.74) is 2.49. The van der Waals surface area contributed by atoms with Crippen molar-refractivity contribution in [2.45, 2.75) is 12.5 Å². The van der Waals surface area contributed by atoms with Crippen LogP contribution >= 0.6 is 11.3 Å². The van der Waals surface area contributed by atoms with Crippen LogP contribution in [0.25, 0.3) is 22.8 Å². The second-order valence-electron chi connectivity index (χ2n) is 7.11. The van der Waals surface area contributed by atoms with Gasteiger partial charge in [-0.2, -0.15) is 16.3 Å². The molecule has 30 heavy (non-hydrogen) atoms. The maximum Gasteiger partial charge on any atom is 0.258 e. The van der Waals surface area contributed by atoms with E-state index >= 15 is 0 Å². The first kappa shape index (κ1) is 18.6. The summed E-state index contributed by atoms with van der Waals surface area (Å²) in [6.07, 6.45) is 0.816. The van der Waals surface area contributed by atoms with Crippen LogP contribution in [0.1, 0.15) is 16.8 Å². The Labute approximate surface area is 177 Å². The predicted molar refractivity (Wildman–Crippen MR) is 114 cm³/mol. The average molecular weight is 417 g/mol. The summed E-state index contributed by atoms with van der Waals surface area (Å²) in [4.78, 5) is 18.8. The fourth-order valence-corrected chi connectivity index (χ4v) is 4.12. The van der Waals surface area contributed by atoms with Crippen LogP contribution in [-0.2, 0) is 0 Å². The summed E-state index contributed by atoms with van der Waals surface area (Å²) in [6, 6.07) is 19.2. The molecule has 7 heteroatoms. The Morgan fingerprint density at radius 3 is 2.67 bits per heavy atom. The number of amides is 1. The number of nitrogens with zero attached hydrogens (tertiary/aromatic N) is 3. The van der Waals surface area contributed by atoms with E-state index in [-0.39, 0.29) is 12.0 Å². The van der Waals surface area contributed by atoms with Gasteiger partial charge in [0.15, 0.2) is 0 Å². The van der Waals surface area contributed by atoms with E-state index in [4.69, 9.17) is 9.26 Å². The minimum atomic E-state index is -0.00621. The molecular weight excluding hydrogens is 398 g/mol. The molecule has 1 saturated heterocycles. The summed E-state index contributed by atoms with van der Waals surface area (Å²) in [6.45, 7) is 1.31. The maximum atomic E-state index is 12.5. The van der Waals surface area contributed by atoms with Crippen LogP contribution in [0.2, 0.25) is 0 Å². The van der Waals surface area contributed by atoms with Gasteiger partial charge in [0.1, 0.15) is 11.9 Å². The minimum absolute atomic E-state index is 0.00621. The molecule has 6 nitrogen and oxygen atoms in total. The predicted octanol–water partition coefficient (Wildman–Crippen LogP) is 4.76. The zero-order valence-electron chi connectivity index (χ0n) is 16.1. The van der Waals surface area contributed by atoms with E-state index in [0.29, 0.717) is 24.8 Å². The Bertz CT molecular complexity index is 1120. The van der Waals surface area contributed by atoms with Crippen LogP contribution in [0, 0.1) is 0 Å². The van der Waals surface area contributed by atoms with Gasteiger partial charge >= 0.3 is 0 Å². The monoisotopic (exact) mass is 417 g/mol. The first-order valence-electron chi connectivity index (χ1n) is 9.74. The van der Waals surface area contributed by atoms with Crippen molar-refractivity contribution in [2.75, 3.05) is 13.1 Å². The van der Waals surface area contributed by atoms with Crippen molar-refractivity contribution in [2.24, 2.45) is 0 Å². The molecule has 0 N–H and O–H groups in total. The number of hydrogen-bond acceptors (Lipinski definition) is 6. The summed E-state index contributed by atoms with van der Waals surface area (Å²) in [5.74, 6) is 1.87. The van der Waals surface area contributed by atoms with Crippen LogP contribution in [0.4, 0.5) is 0 Å². The number of rotatable bonds is 5. The molecule has 0 saturated carbocycles. The normalized spacial score (nSPS) is 16.0. The van der Waals surface area contributed by atoms with Gasteiger partial charge in [0.05, 0.1) is 12.1 Å². The molecule has 5 rings (SSSR count). The molecule has 1 fully saturated rings. The van der Waals surface area contributed by atoms with Gasteiger partial charge < -0.3 is 14.2 Å². The lowest BCUT2D eigenvalue weighted by Crippen LogP contribution is -2.30. The highest BCUT2D eigenvalue weighted by atomic mass is 32.1. The van der Waals surface area contributed by atoms with Gasteiger partial charge in [-0.05, 0) is 47.8 Å². The Hall–Kier alpha value is -3.45. The lowest BCUT2D eigenvalue weighted by Gasteiger charge is -2.16. The Morgan fingerprint density at radius 2 is 1.90 bits per heavy atom. The van der Waals surface area contributed by atoms with Crippen molar-refractivity contribution in [1.29, 1.82) is 0 Å². The van der Waals surface area contributed by atoms with Crippen molar-refractivity contribution >= 4 is 17.2 Å². The fraction of sp³-hybridized carbons (Fsp3) is 0.174.